The van der Waals surface area contributed by atoms with Gasteiger partial charge in [0, 0.05) is 60.3 Å². The summed E-state index contributed by atoms with van der Waals surface area (Å²) in [4.78, 5) is 4.68. The van der Waals surface area contributed by atoms with Gasteiger partial charge in [-0.2, -0.15) is 0 Å². The molecule has 1 fully saturated rings. The van der Waals surface area contributed by atoms with Crippen LogP contribution in [0, 0.1) is 5.82 Å². The van der Waals surface area contributed by atoms with Crippen molar-refractivity contribution in [3.8, 4) is 5.69 Å². The van der Waals surface area contributed by atoms with Gasteiger partial charge in [-0.05, 0) is 60.0 Å². The molecule has 3 heterocycles. The van der Waals surface area contributed by atoms with E-state index in [1.807, 2.05) is 64.5 Å². The van der Waals surface area contributed by atoms with Crippen LogP contribution in [-0.4, -0.2) is 76.7 Å². The molecule has 0 amide bonds. The summed E-state index contributed by atoms with van der Waals surface area (Å²) >= 11 is 6.65. The van der Waals surface area contributed by atoms with Gasteiger partial charge in [-0.3, -0.25) is 0 Å². The first kappa shape index (κ1) is 30.5. The Morgan fingerprint density at radius 1 is 1.18 bits per heavy atom. The Morgan fingerprint density at radius 3 is 2.84 bits per heavy atom. The maximum Gasteiger partial charge on any atom is 0.145 e. The maximum atomic E-state index is 13.5. The second-order valence-corrected chi connectivity index (χ2v) is 11.3. The van der Waals surface area contributed by atoms with E-state index in [-0.39, 0.29) is 25.1 Å². The Labute approximate surface area is 260 Å². The van der Waals surface area contributed by atoms with Gasteiger partial charge in [0.2, 0.25) is 0 Å². The second-order valence-electron chi connectivity index (χ2n) is 10.8. The predicted molar refractivity (Wildman–Crippen MR) is 167 cm³/mol. The number of ether oxygens (including phenoxy) is 2. The summed E-state index contributed by atoms with van der Waals surface area (Å²) in [6.45, 7) is 3.21. The highest BCUT2D eigenvalue weighted by Crippen LogP contribution is 2.27. The zero-order valence-electron chi connectivity index (χ0n) is 24.1. The van der Waals surface area contributed by atoms with E-state index < -0.39 is 11.6 Å². The number of rotatable bonds is 10. The summed E-state index contributed by atoms with van der Waals surface area (Å²) in [5.41, 5.74) is 8.93. The van der Waals surface area contributed by atoms with Crippen LogP contribution >= 0.6 is 11.6 Å². The zero-order valence-corrected chi connectivity index (χ0v) is 24.9. The van der Waals surface area contributed by atoms with E-state index in [9.17, 15) is 14.6 Å². The number of nitrogens with zero attached hydrogens (tertiary/aromatic N) is 3. The van der Waals surface area contributed by atoms with Gasteiger partial charge in [-0.1, -0.05) is 18.2 Å². The van der Waals surface area contributed by atoms with Crippen molar-refractivity contribution in [3.63, 3.8) is 0 Å². The van der Waals surface area contributed by atoms with Crippen LogP contribution in [0.4, 0.5) is 10.1 Å². The standard InChI is InChI=1S/C32H36ClFN6O4/c33-28-15-24(4-7-30(28)44-19-21-2-1-3-23(34)14-21)37-31-26-16-25(5-6-29(26)35-20-36-31)39-17-22(8-11-41)27(18-39)32(42)38-40-9-12-43-13-10-40/h1-7,14-18,28,30,32,35,38,41-42H,8-13,19-20H2,(H,36,37). The molecule has 44 heavy (non-hydrogen) atoms. The largest absolute Gasteiger partial charge is 0.396 e. The van der Waals surface area contributed by atoms with Crippen LogP contribution in [0.2, 0.25) is 0 Å². The van der Waals surface area contributed by atoms with Crippen LogP contribution in [0.15, 0.2) is 83.8 Å². The number of benzene rings is 2. The van der Waals surface area contributed by atoms with Gasteiger partial charge >= 0.3 is 0 Å². The van der Waals surface area contributed by atoms with Crippen molar-refractivity contribution >= 4 is 23.1 Å². The number of nitrogens with one attached hydrogen (secondary N) is 3. The molecule has 0 radical (unpaired) electrons. The summed E-state index contributed by atoms with van der Waals surface area (Å²) in [6.07, 6.45) is 8.63. The van der Waals surface area contributed by atoms with Crippen molar-refractivity contribution in [2.45, 2.75) is 30.7 Å². The third kappa shape index (κ3) is 7.22. The molecule has 3 aromatic rings. The van der Waals surface area contributed by atoms with Gasteiger partial charge in [0.15, 0.2) is 0 Å². The van der Waals surface area contributed by atoms with Gasteiger partial charge < -0.3 is 34.9 Å². The molecular weight excluding hydrogens is 587 g/mol. The van der Waals surface area contributed by atoms with Gasteiger partial charge in [0.05, 0.1) is 31.3 Å². The van der Waals surface area contributed by atoms with Crippen LogP contribution in [0.5, 0.6) is 0 Å². The summed E-state index contributed by atoms with van der Waals surface area (Å²) in [5, 5.41) is 29.0. The minimum atomic E-state index is -0.927. The number of hydrogen-bond donors (Lipinski definition) is 5. The molecule has 3 unspecified atom stereocenters. The SMILES string of the molecule is OCCc1cn(-c2ccc3c(c2)C(NC2=CC(Cl)C(OCc4cccc(F)c4)C=C2)=NCN3)cc1C(O)NN1CCOCC1. The normalized spacial score (nSPS) is 20.8. The molecule has 232 valence electrons. The molecule has 5 N–H and O–H groups in total. The average molecular weight is 623 g/mol. The van der Waals surface area contributed by atoms with Crippen molar-refractivity contribution in [2.75, 3.05) is 44.9 Å². The zero-order chi connectivity index (χ0) is 30.5. The fraction of sp³-hybridized carbons (Fsp3) is 0.344. The second kappa shape index (κ2) is 14.0. The Balaban J connectivity index is 1.16. The number of halogens is 2. The number of hydrazine groups is 1. The Hall–Kier alpha value is -3.55. The van der Waals surface area contributed by atoms with Crippen LogP contribution in [0.3, 0.4) is 0 Å². The summed E-state index contributed by atoms with van der Waals surface area (Å²) in [6, 6.07) is 12.3. The van der Waals surface area contributed by atoms with E-state index in [4.69, 9.17) is 21.1 Å². The number of anilines is 1. The molecule has 12 heteroatoms. The molecule has 3 atom stereocenters. The number of aliphatic hydroxyl groups excluding tert-OH is 2. The van der Waals surface area contributed by atoms with E-state index in [2.05, 4.69) is 21.1 Å². The quantitative estimate of drug-likeness (QED) is 0.173. The van der Waals surface area contributed by atoms with Crippen molar-refractivity contribution < 1.29 is 24.1 Å². The van der Waals surface area contributed by atoms with Crippen LogP contribution in [-0.2, 0) is 22.5 Å². The van der Waals surface area contributed by atoms with Gasteiger partial charge in [-0.15, -0.1) is 11.6 Å². The Kier molecular flexibility index (Phi) is 9.72. The van der Waals surface area contributed by atoms with Crippen LogP contribution in [0.25, 0.3) is 5.69 Å². The number of morpholine rings is 1. The topological polar surface area (TPSA) is 116 Å². The monoisotopic (exact) mass is 622 g/mol. The van der Waals surface area contributed by atoms with Crippen LogP contribution < -0.4 is 16.1 Å². The number of alkyl halides is 1. The van der Waals surface area contributed by atoms with E-state index in [1.54, 1.807) is 6.07 Å². The molecule has 6 rings (SSSR count). The first-order valence-electron chi connectivity index (χ1n) is 14.7. The minimum absolute atomic E-state index is 0.0307. The van der Waals surface area contributed by atoms with Crippen molar-refractivity contribution in [1.82, 2.24) is 20.3 Å². The van der Waals surface area contributed by atoms with Crippen LogP contribution in [0.1, 0.15) is 28.5 Å². The molecule has 3 aliphatic rings. The average Bonchev–Trinajstić information content (AvgIpc) is 3.45. The molecule has 0 spiro atoms. The number of allylic oxidation sites excluding steroid dienone is 1. The molecule has 1 saturated heterocycles. The molecule has 1 aromatic heterocycles. The fourth-order valence-corrected chi connectivity index (χ4v) is 5.72. The number of aliphatic hydroxyl groups is 2. The number of amidine groups is 1. The maximum absolute atomic E-state index is 13.5. The first-order valence-corrected chi connectivity index (χ1v) is 15.1. The molecular formula is C32H36ClFN6O4. The van der Waals surface area contributed by atoms with Gasteiger partial charge in [0.1, 0.15) is 24.5 Å². The molecule has 2 aliphatic heterocycles. The lowest BCUT2D eigenvalue weighted by atomic mass is 10.1. The summed E-state index contributed by atoms with van der Waals surface area (Å²) in [5.74, 6) is 0.392. The molecule has 0 saturated carbocycles. The molecule has 0 bridgehead atoms. The number of aromatic nitrogens is 1. The highest BCUT2D eigenvalue weighted by atomic mass is 35.5. The Morgan fingerprint density at radius 2 is 2.05 bits per heavy atom. The van der Waals surface area contributed by atoms with Gasteiger partial charge in [0.25, 0.3) is 0 Å². The first-order chi connectivity index (χ1) is 21.5. The smallest absolute Gasteiger partial charge is 0.145 e. The number of aliphatic imine (C=N–C) groups is 1. The third-order valence-electron chi connectivity index (χ3n) is 7.71. The van der Waals surface area contributed by atoms with Crippen molar-refractivity contribution in [3.05, 3.63) is 107 Å². The van der Waals surface area contributed by atoms with Crippen molar-refractivity contribution in [2.24, 2.45) is 4.99 Å². The van der Waals surface area contributed by atoms with E-state index in [0.29, 0.717) is 50.8 Å². The van der Waals surface area contributed by atoms with E-state index in [1.165, 1.54) is 12.1 Å². The van der Waals surface area contributed by atoms with Crippen molar-refractivity contribution in [1.29, 1.82) is 0 Å². The van der Waals surface area contributed by atoms with E-state index in [0.717, 1.165) is 33.8 Å². The highest BCUT2D eigenvalue weighted by molar-refractivity contribution is 6.22. The van der Waals surface area contributed by atoms with Gasteiger partial charge in [-0.25, -0.2) is 19.8 Å². The predicted octanol–water partition coefficient (Wildman–Crippen LogP) is 3.34. The minimum Gasteiger partial charge on any atom is -0.396 e. The Bertz CT molecular complexity index is 1550. The van der Waals surface area contributed by atoms with E-state index >= 15 is 0 Å². The number of hydrogen-bond acceptors (Lipinski definition) is 9. The summed E-state index contributed by atoms with van der Waals surface area (Å²) in [7, 11) is 0. The lowest BCUT2D eigenvalue weighted by Gasteiger charge is -2.29. The lowest BCUT2D eigenvalue weighted by Crippen LogP contribution is -2.47. The molecule has 1 aliphatic carbocycles. The molecule has 2 aromatic carbocycles. The molecule has 10 nitrogen and oxygen atoms in total. The summed E-state index contributed by atoms with van der Waals surface area (Å²) < 4.78 is 26.8. The third-order valence-corrected chi connectivity index (χ3v) is 8.09. The highest BCUT2D eigenvalue weighted by Gasteiger charge is 2.23. The lowest BCUT2D eigenvalue weighted by molar-refractivity contribution is -0.0336. The number of fused-ring (bicyclic) bond motifs is 1. The fourth-order valence-electron chi connectivity index (χ4n) is 5.42.